The summed E-state index contributed by atoms with van der Waals surface area (Å²) in [6, 6.07) is 10.2. The van der Waals surface area contributed by atoms with Crippen LogP contribution in [-0.4, -0.2) is 11.8 Å². The lowest BCUT2D eigenvalue weighted by Crippen LogP contribution is -2.18. The second kappa shape index (κ2) is 7.96. The fraction of sp³-hybridized carbons (Fsp3) is 0.0526. The van der Waals surface area contributed by atoms with Gasteiger partial charge in [0, 0.05) is 5.69 Å². The third-order valence-corrected chi connectivity index (χ3v) is 3.95. The molecule has 2 amide bonds. The number of carbonyl (C=O) groups excluding carboxylic acids is 2. The first-order valence-corrected chi connectivity index (χ1v) is 8.37. The van der Waals surface area contributed by atoms with Gasteiger partial charge in [0.25, 0.3) is 11.8 Å². The van der Waals surface area contributed by atoms with Gasteiger partial charge in [-0.3, -0.25) is 9.59 Å². The summed E-state index contributed by atoms with van der Waals surface area (Å²) in [4.78, 5) is 24.2. The van der Waals surface area contributed by atoms with Crippen molar-refractivity contribution in [3.63, 3.8) is 0 Å². The molecule has 0 aliphatic carbocycles. The van der Waals surface area contributed by atoms with Crippen molar-refractivity contribution >= 4 is 34.8 Å². The summed E-state index contributed by atoms with van der Waals surface area (Å²) in [6.07, 6.45) is -4.85. The van der Waals surface area contributed by atoms with Crippen LogP contribution in [0, 0.1) is 5.82 Å². The summed E-state index contributed by atoms with van der Waals surface area (Å²) in [5, 5.41) is 4.18. The molecule has 10 heteroatoms. The van der Waals surface area contributed by atoms with Crippen molar-refractivity contribution in [1.82, 2.24) is 0 Å². The van der Waals surface area contributed by atoms with Crippen molar-refractivity contribution in [2.75, 3.05) is 10.6 Å². The molecule has 0 unspecified atom stereocenters. The molecule has 1 aromatic heterocycles. The number of carbonyl (C=O) groups is 2. The molecule has 2 N–H and O–H groups in total. The molecule has 3 rings (SSSR count). The second-order valence-electron chi connectivity index (χ2n) is 5.75. The van der Waals surface area contributed by atoms with Crippen LogP contribution in [0.1, 0.15) is 26.5 Å². The molecule has 0 aliphatic rings. The lowest BCUT2D eigenvalue weighted by molar-refractivity contribution is -0.136. The Bertz CT molecular complexity index is 1080. The number of alkyl halides is 3. The Hall–Kier alpha value is -3.33. The molecule has 0 saturated heterocycles. The lowest BCUT2D eigenvalue weighted by atomic mass is 10.1. The first-order chi connectivity index (χ1) is 13.6. The smallest absolute Gasteiger partial charge is 0.418 e. The highest BCUT2D eigenvalue weighted by molar-refractivity contribution is 6.29. The summed E-state index contributed by atoms with van der Waals surface area (Å²) in [6.45, 7) is 0. The highest BCUT2D eigenvalue weighted by Crippen LogP contribution is 2.37. The Morgan fingerprint density at radius 2 is 1.66 bits per heavy atom. The van der Waals surface area contributed by atoms with Crippen LogP contribution < -0.4 is 10.6 Å². The van der Waals surface area contributed by atoms with E-state index in [-0.39, 0.29) is 22.2 Å². The molecule has 0 aliphatic heterocycles. The van der Waals surface area contributed by atoms with E-state index < -0.39 is 35.1 Å². The van der Waals surface area contributed by atoms with E-state index in [1.165, 1.54) is 30.3 Å². The van der Waals surface area contributed by atoms with Crippen LogP contribution in [-0.2, 0) is 6.18 Å². The first-order valence-electron chi connectivity index (χ1n) is 7.99. The van der Waals surface area contributed by atoms with Crippen LogP contribution in [0.4, 0.5) is 28.9 Å². The van der Waals surface area contributed by atoms with Gasteiger partial charge in [-0.25, -0.2) is 4.39 Å². The van der Waals surface area contributed by atoms with Gasteiger partial charge in [0.2, 0.25) is 0 Å². The number of amides is 2. The quantitative estimate of drug-likeness (QED) is 0.534. The predicted molar refractivity (Wildman–Crippen MR) is 97.5 cm³/mol. The summed E-state index contributed by atoms with van der Waals surface area (Å²) in [5.41, 5.74) is -2.33. The Morgan fingerprint density at radius 1 is 0.931 bits per heavy atom. The Balaban J connectivity index is 1.87. The normalized spacial score (nSPS) is 11.2. The van der Waals surface area contributed by atoms with Crippen LogP contribution in [0.5, 0.6) is 0 Å². The predicted octanol–water partition coefficient (Wildman–Crippen LogP) is 5.60. The number of halogens is 5. The lowest BCUT2D eigenvalue weighted by Gasteiger charge is -2.15. The van der Waals surface area contributed by atoms with Gasteiger partial charge in [0.1, 0.15) is 5.82 Å². The summed E-state index contributed by atoms with van der Waals surface area (Å²) >= 11 is 5.55. The molecular formula is C19H11ClF4N2O3. The van der Waals surface area contributed by atoms with Crippen LogP contribution >= 0.6 is 11.6 Å². The molecule has 3 aromatic rings. The second-order valence-corrected chi connectivity index (χ2v) is 6.12. The molecule has 29 heavy (non-hydrogen) atoms. The maximum atomic E-state index is 13.7. The third kappa shape index (κ3) is 4.75. The Kier molecular flexibility index (Phi) is 5.60. The van der Waals surface area contributed by atoms with E-state index in [2.05, 4.69) is 10.6 Å². The highest BCUT2D eigenvalue weighted by Gasteiger charge is 2.34. The van der Waals surface area contributed by atoms with Gasteiger partial charge in [-0.05, 0) is 54.1 Å². The largest absolute Gasteiger partial charge is 0.440 e. The average Bonchev–Trinajstić information content (AvgIpc) is 3.09. The molecule has 0 bridgehead atoms. The van der Waals surface area contributed by atoms with Gasteiger partial charge >= 0.3 is 6.18 Å². The van der Waals surface area contributed by atoms with E-state index in [0.717, 1.165) is 18.2 Å². The van der Waals surface area contributed by atoms with Crippen LogP contribution in [0.3, 0.4) is 0 Å². The maximum Gasteiger partial charge on any atom is 0.418 e. The van der Waals surface area contributed by atoms with Crippen LogP contribution in [0.25, 0.3) is 0 Å². The first kappa shape index (κ1) is 20.4. The van der Waals surface area contributed by atoms with E-state index in [1.54, 1.807) is 0 Å². The van der Waals surface area contributed by atoms with Crippen molar-refractivity contribution in [3.8, 4) is 0 Å². The van der Waals surface area contributed by atoms with Crippen molar-refractivity contribution in [1.29, 1.82) is 0 Å². The number of rotatable bonds is 4. The van der Waals surface area contributed by atoms with Crippen LogP contribution in [0.15, 0.2) is 59.0 Å². The zero-order valence-corrected chi connectivity index (χ0v) is 15.1. The van der Waals surface area contributed by atoms with E-state index in [0.29, 0.717) is 6.07 Å². The monoisotopic (exact) mass is 426 g/mol. The molecule has 0 radical (unpaired) electrons. The van der Waals surface area contributed by atoms with Crippen molar-refractivity contribution < 1.29 is 31.6 Å². The minimum Gasteiger partial charge on any atom is -0.440 e. The average molecular weight is 427 g/mol. The fourth-order valence-corrected chi connectivity index (χ4v) is 2.58. The standard InChI is InChI=1S/C19H11ClF4N2O3/c20-16-8-7-15(29-16)18(28)26-14-6-5-10(9-12(14)19(22,23)24)25-17(27)11-3-1-2-4-13(11)21/h1-9H,(H,25,27)(H,26,28). The minimum atomic E-state index is -4.85. The molecule has 0 fully saturated rings. The van der Waals surface area contributed by atoms with Gasteiger partial charge in [0.05, 0.1) is 16.8 Å². The van der Waals surface area contributed by atoms with E-state index in [4.69, 9.17) is 16.0 Å². The van der Waals surface area contributed by atoms with Crippen molar-refractivity contribution in [3.05, 3.63) is 82.5 Å². The number of furan rings is 1. The molecule has 150 valence electrons. The Labute approximate surface area is 166 Å². The zero-order chi connectivity index (χ0) is 21.2. The molecule has 2 aromatic carbocycles. The van der Waals surface area contributed by atoms with Gasteiger partial charge in [0.15, 0.2) is 11.0 Å². The summed E-state index contributed by atoms with van der Waals surface area (Å²) in [5.74, 6) is -2.95. The van der Waals surface area contributed by atoms with Gasteiger partial charge in [-0.2, -0.15) is 13.2 Å². The highest BCUT2D eigenvalue weighted by atomic mass is 35.5. The molecule has 5 nitrogen and oxygen atoms in total. The number of anilines is 2. The van der Waals surface area contributed by atoms with E-state index >= 15 is 0 Å². The van der Waals surface area contributed by atoms with Crippen molar-refractivity contribution in [2.24, 2.45) is 0 Å². The number of hydrogen-bond donors (Lipinski definition) is 2. The zero-order valence-electron chi connectivity index (χ0n) is 14.3. The SMILES string of the molecule is O=C(Nc1ccc(NC(=O)c2ccccc2F)cc1C(F)(F)F)c1ccc(Cl)o1. The van der Waals surface area contributed by atoms with Crippen molar-refractivity contribution in [2.45, 2.75) is 6.18 Å². The third-order valence-electron chi connectivity index (χ3n) is 3.75. The molecular weight excluding hydrogens is 416 g/mol. The minimum absolute atomic E-state index is 0.0996. The van der Waals surface area contributed by atoms with Gasteiger partial charge in [-0.1, -0.05) is 12.1 Å². The van der Waals surface area contributed by atoms with E-state index in [1.807, 2.05) is 0 Å². The van der Waals surface area contributed by atoms with Gasteiger partial charge < -0.3 is 15.1 Å². The molecule has 0 saturated carbocycles. The number of nitrogens with one attached hydrogen (secondary N) is 2. The van der Waals surface area contributed by atoms with Crippen LogP contribution in [0.2, 0.25) is 5.22 Å². The topological polar surface area (TPSA) is 71.3 Å². The maximum absolute atomic E-state index is 13.7. The molecule has 0 atom stereocenters. The van der Waals surface area contributed by atoms with Gasteiger partial charge in [-0.15, -0.1) is 0 Å². The fourth-order valence-electron chi connectivity index (χ4n) is 2.43. The number of benzene rings is 2. The summed E-state index contributed by atoms with van der Waals surface area (Å²) < 4.78 is 58.9. The Morgan fingerprint density at radius 3 is 2.28 bits per heavy atom. The number of hydrogen-bond acceptors (Lipinski definition) is 3. The van der Waals surface area contributed by atoms with E-state index in [9.17, 15) is 27.2 Å². The summed E-state index contributed by atoms with van der Waals surface area (Å²) in [7, 11) is 0. The molecule has 1 heterocycles. The molecule has 0 spiro atoms.